The van der Waals surface area contributed by atoms with Gasteiger partial charge in [-0.05, 0) is 43.9 Å². The number of ketones is 1. The van der Waals surface area contributed by atoms with Gasteiger partial charge in [0.2, 0.25) is 0 Å². The molecule has 2 aliphatic carbocycles. The highest BCUT2D eigenvalue weighted by molar-refractivity contribution is 5.79. The number of ether oxygens (including phenoxy) is 1. The molecule has 0 atom stereocenters. The Labute approximate surface area is 96.5 Å². The molecular weight excluding hydrogens is 204 g/mol. The average Bonchev–Trinajstić information content (AvgIpc) is 2.19. The fourth-order valence-electron chi connectivity index (χ4n) is 3.23. The molecule has 0 N–H and O–H groups in total. The largest absolute Gasteiger partial charge is 0.466 e. The topological polar surface area (TPSA) is 43.4 Å². The van der Waals surface area contributed by atoms with Crippen LogP contribution in [-0.2, 0) is 14.3 Å². The normalized spacial score (nSPS) is 24.2. The van der Waals surface area contributed by atoms with Gasteiger partial charge in [0.25, 0.3) is 0 Å². The lowest BCUT2D eigenvalue weighted by molar-refractivity contribution is -0.147. The van der Waals surface area contributed by atoms with E-state index in [0.29, 0.717) is 30.1 Å². The first-order chi connectivity index (χ1) is 7.63. The van der Waals surface area contributed by atoms with Crippen molar-refractivity contribution in [3.8, 4) is 0 Å². The minimum Gasteiger partial charge on any atom is -0.466 e. The lowest BCUT2D eigenvalue weighted by Crippen LogP contribution is -2.41. The van der Waals surface area contributed by atoms with Crippen molar-refractivity contribution < 1.29 is 14.3 Å². The fourth-order valence-corrected chi connectivity index (χ4v) is 3.23. The van der Waals surface area contributed by atoms with Crippen LogP contribution in [0, 0.1) is 11.3 Å². The van der Waals surface area contributed by atoms with Crippen LogP contribution in [0.5, 0.6) is 0 Å². The summed E-state index contributed by atoms with van der Waals surface area (Å²) >= 11 is 0. The molecule has 3 nitrogen and oxygen atoms in total. The Kier molecular flexibility index (Phi) is 3.31. The van der Waals surface area contributed by atoms with Crippen molar-refractivity contribution >= 4 is 11.8 Å². The van der Waals surface area contributed by atoms with E-state index in [4.69, 9.17) is 4.74 Å². The molecule has 0 aliphatic heterocycles. The molecule has 0 bridgehead atoms. The summed E-state index contributed by atoms with van der Waals surface area (Å²) in [4.78, 5) is 22.5. The second-order valence-corrected chi connectivity index (χ2v) is 5.32. The molecule has 2 rings (SSSR count). The maximum atomic E-state index is 11.3. The number of hydrogen-bond donors (Lipinski definition) is 0. The summed E-state index contributed by atoms with van der Waals surface area (Å²) in [5, 5.41) is 0. The van der Waals surface area contributed by atoms with E-state index < -0.39 is 0 Å². The molecule has 90 valence electrons. The van der Waals surface area contributed by atoms with Gasteiger partial charge in [-0.15, -0.1) is 0 Å². The van der Waals surface area contributed by atoms with E-state index in [-0.39, 0.29) is 5.97 Å². The van der Waals surface area contributed by atoms with E-state index in [1.807, 2.05) is 6.92 Å². The van der Waals surface area contributed by atoms with E-state index >= 15 is 0 Å². The number of carbonyl (C=O) groups excluding carboxylic acids is 2. The Hall–Kier alpha value is -0.860. The molecule has 1 spiro atoms. The van der Waals surface area contributed by atoms with E-state index in [0.717, 1.165) is 38.5 Å². The first-order valence-corrected chi connectivity index (χ1v) is 6.31. The lowest BCUT2D eigenvalue weighted by Gasteiger charge is -2.49. The van der Waals surface area contributed by atoms with E-state index in [1.54, 1.807) is 0 Å². The second-order valence-electron chi connectivity index (χ2n) is 5.32. The fraction of sp³-hybridized carbons (Fsp3) is 0.846. The predicted molar refractivity (Wildman–Crippen MR) is 59.9 cm³/mol. The van der Waals surface area contributed by atoms with Gasteiger partial charge in [0.1, 0.15) is 5.78 Å². The van der Waals surface area contributed by atoms with Crippen LogP contribution >= 0.6 is 0 Å². The molecule has 0 saturated heterocycles. The van der Waals surface area contributed by atoms with Crippen LogP contribution in [0.1, 0.15) is 51.9 Å². The molecule has 3 heteroatoms. The van der Waals surface area contributed by atoms with Crippen LogP contribution in [0.4, 0.5) is 0 Å². The number of hydrogen-bond acceptors (Lipinski definition) is 3. The quantitative estimate of drug-likeness (QED) is 0.692. The summed E-state index contributed by atoms with van der Waals surface area (Å²) in [6.45, 7) is 2.32. The van der Waals surface area contributed by atoms with Crippen molar-refractivity contribution in [1.82, 2.24) is 0 Å². The van der Waals surface area contributed by atoms with Gasteiger partial charge >= 0.3 is 5.97 Å². The number of esters is 1. The molecule has 16 heavy (non-hydrogen) atoms. The third kappa shape index (κ3) is 2.45. The third-order valence-corrected chi connectivity index (χ3v) is 4.07. The molecule has 0 amide bonds. The number of rotatable bonds is 3. The van der Waals surface area contributed by atoms with Gasteiger partial charge in [-0.25, -0.2) is 0 Å². The second kappa shape index (κ2) is 4.56. The van der Waals surface area contributed by atoms with E-state index in [2.05, 4.69) is 0 Å². The van der Waals surface area contributed by atoms with Crippen LogP contribution in [0.25, 0.3) is 0 Å². The smallest absolute Gasteiger partial charge is 0.306 e. The molecule has 0 aromatic rings. The maximum absolute atomic E-state index is 11.3. The van der Waals surface area contributed by atoms with Crippen LogP contribution in [0.2, 0.25) is 0 Å². The number of Topliss-reactive ketones (excluding diaryl/α,β-unsaturated/α-hetero) is 1. The van der Waals surface area contributed by atoms with Crippen LogP contribution in [0.3, 0.4) is 0 Å². The van der Waals surface area contributed by atoms with Gasteiger partial charge in [0.05, 0.1) is 6.61 Å². The molecular formula is C13H20O3. The van der Waals surface area contributed by atoms with Crippen LogP contribution in [0.15, 0.2) is 0 Å². The van der Waals surface area contributed by atoms with Gasteiger partial charge in [0.15, 0.2) is 0 Å². The third-order valence-electron chi connectivity index (χ3n) is 4.07. The average molecular weight is 224 g/mol. The summed E-state index contributed by atoms with van der Waals surface area (Å²) in [6, 6.07) is 0. The van der Waals surface area contributed by atoms with Crippen molar-refractivity contribution in [3.63, 3.8) is 0 Å². The van der Waals surface area contributed by atoms with Crippen molar-refractivity contribution in [2.75, 3.05) is 6.61 Å². The van der Waals surface area contributed by atoms with E-state index in [1.165, 1.54) is 0 Å². The first-order valence-electron chi connectivity index (χ1n) is 6.31. The Morgan fingerprint density at radius 1 is 1.38 bits per heavy atom. The van der Waals surface area contributed by atoms with Crippen LogP contribution < -0.4 is 0 Å². The minimum absolute atomic E-state index is 0.0609. The zero-order valence-electron chi connectivity index (χ0n) is 9.96. The summed E-state index contributed by atoms with van der Waals surface area (Å²) in [5.74, 6) is 0.862. The molecule has 2 fully saturated rings. The van der Waals surface area contributed by atoms with Crippen molar-refractivity contribution in [2.45, 2.75) is 51.9 Å². The summed E-state index contributed by atoms with van der Waals surface area (Å²) in [5.41, 5.74) is 0.408. The summed E-state index contributed by atoms with van der Waals surface area (Å²) in [7, 11) is 0. The molecule has 2 aliphatic rings. The van der Waals surface area contributed by atoms with Crippen molar-refractivity contribution in [2.24, 2.45) is 11.3 Å². The Morgan fingerprint density at radius 2 is 2.00 bits per heavy atom. The van der Waals surface area contributed by atoms with Gasteiger partial charge in [-0.3, -0.25) is 9.59 Å². The Morgan fingerprint density at radius 3 is 2.56 bits per heavy atom. The standard InChI is InChI=1S/C13H20O3/c1-2-16-12(15)7-10-8-13(9-10)5-3-11(14)4-6-13/h10H,2-9H2,1H3. The molecule has 0 radical (unpaired) electrons. The highest BCUT2D eigenvalue weighted by Gasteiger charge is 2.46. The summed E-state index contributed by atoms with van der Waals surface area (Å²) < 4.78 is 4.95. The van der Waals surface area contributed by atoms with Crippen molar-refractivity contribution in [1.29, 1.82) is 0 Å². The molecule has 0 aromatic carbocycles. The van der Waals surface area contributed by atoms with Gasteiger partial charge < -0.3 is 4.74 Å². The molecule has 0 aromatic heterocycles. The zero-order valence-corrected chi connectivity index (χ0v) is 9.96. The summed E-state index contributed by atoms with van der Waals surface area (Å²) in [6.07, 6.45) is 6.43. The Bertz CT molecular complexity index is 278. The predicted octanol–water partition coefficient (Wildman–Crippen LogP) is 2.48. The molecule has 0 heterocycles. The van der Waals surface area contributed by atoms with Gasteiger partial charge in [-0.2, -0.15) is 0 Å². The van der Waals surface area contributed by atoms with Gasteiger partial charge in [0, 0.05) is 19.3 Å². The number of carbonyl (C=O) groups is 2. The monoisotopic (exact) mass is 224 g/mol. The zero-order chi connectivity index (χ0) is 11.6. The first kappa shape index (κ1) is 11.6. The lowest BCUT2D eigenvalue weighted by atomic mass is 9.55. The SMILES string of the molecule is CCOC(=O)CC1CC2(CCC(=O)CC2)C1. The highest BCUT2D eigenvalue weighted by atomic mass is 16.5. The Balaban J connectivity index is 1.72. The molecule has 2 saturated carbocycles. The van der Waals surface area contributed by atoms with E-state index in [9.17, 15) is 9.59 Å². The van der Waals surface area contributed by atoms with Gasteiger partial charge in [-0.1, -0.05) is 0 Å². The molecule has 0 unspecified atom stereocenters. The van der Waals surface area contributed by atoms with Crippen LogP contribution in [-0.4, -0.2) is 18.4 Å². The maximum Gasteiger partial charge on any atom is 0.306 e. The minimum atomic E-state index is -0.0609. The van der Waals surface area contributed by atoms with Crippen molar-refractivity contribution in [3.05, 3.63) is 0 Å². The highest BCUT2D eigenvalue weighted by Crippen LogP contribution is 2.55.